The number of nitrogens with one attached hydrogen (secondary N) is 1. The van der Waals surface area contributed by atoms with Crippen molar-refractivity contribution in [1.82, 2.24) is 10.3 Å². The van der Waals surface area contributed by atoms with Gasteiger partial charge in [0.1, 0.15) is 21.3 Å². The molecule has 3 heterocycles. The van der Waals surface area contributed by atoms with Crippen LogP contribution in [0.1, 0.15) is 60.5 Å². The molecule has 6 N–H and O–H groups in total. The summed E-state index contributed by atoms with van der Waals surface area (Å²) in [6.07, 6.45) is -2.22. The number of aliphatic hydroxyl groups is 1. The van der Waals surface area contributed by atoms with E-state index in [0.717, 1.165) is 55.5 Å². The Balaban J connectivity index is 0.00000400. The van der Waals surface area contributed by atoms with Crippen molar-refractivity contribution in [3.8, 4) is 5.75 Å². The first kappa shape index (κ1) is 29.5. The van der Waals surface area contributed by atoms with Crippen molar-refractivity contribution in [3.63, 3.8) is 0 Å². The molecule has 0 radical (unpaired) electrons. The third kappa shape index (κ3) is 6.86. The van der Waals surface area contributed by atoms with Gasteiger partial charge in [-0.25, -0.2) is 4.98 Å². The number of piperidine rings is 1. The van der Waals surface area contributed by atoms with E-state index < -0.39 is 18.4 Å². The van der Waals surface area contributed by atoms with E-state index in [1.54, 1.807) is 0 Å². The van der Waals surface area contributed by atoms with Crippen molar-refractivity contribution in [2.45, 2.75) is 58.5 Å². The highest BCUT2D eigenvalue weighted by molar-refractivity contribution is 7.21. The highest BCUT2D eigenvalue weighted by Crippen LogP contribution is 2.37. The number of hydrogen-bond donors (Lipinski definition) is 4. The predicted molar refractivity (Wildman–Crippen MR) is 145 cm³/mol. The number of nitrogens with two attached hydrogens (primary N) is 2. The summed E-state index contributed by atoms with van der Waals surface area (Å²) in [5.74, 6) is -0.0363. The van der Waals surface area contributed by atoms with Crippen LogP contribution in [0.5, 0.6) is 5.75 Å². The van der Waals surface area contributed by atoms with E-state index in [2.05, 4.69) is 21.9 Å². The Labute approximate surface area is 223 Å². The molecule has 0 saturated carbocycles. The fourth-order valence-corrected chi connectivity index (χ4v) is 5.59. The zero-order valence-corrected chi connectivity index (χ0v) is 21.2. The summed E-state index contributed by atoms with van der Waals surface area (Å²) in [6.45, 7) is 3.87. The molecular formula is C26H34F3N5O3S. The molecule has 0 aliphatic carbocycles. The maximum Gasteiger partial charge on any atom is 0.573 e. The molecule has 1 amide bonds. The number of thiophene rings is 1. The van der Waals surface area contributed by atoms with Crippen LogP contribution in [0, 0.1) is 0 Å². The third-order valence-corrected chi connectivity index (χ3v) is 7.54. The van der Waals surface area contributed by atoms with Crippen LogP contribution in [-0.4, -0.2) is 48.0 Å². The SMILES string of the molecule is C.CCCc1cc(N2CCC(NCC(O)c3ccc(OC(F)(F)F)cc3)CC2)nc2sc(C(N)=O)c(N)c12. The number of hydrogen-bond acceptors (Lipinski definition) is 8. The first-order valence-electron chi connectivity index (χ1n) is 12.1. The standard InChI is InChI=1S/C25H30F3N5O3S.CH4/c1-2-3-15-12-19(32-24-20(15)21(29)22(37-24)23(30)35)33-10-8-16(9-11-33)31-13-18(34)14-4-6-17(7-5-14)36-25(26,27)28;/h4-7,12,16,18,31,34H,2-3,8-11,13,29H2,1H3,(H2,30,35);1H4. The smallest absolute Gasteiger partial charge is 0.406 e. The maximum absolute atomic E-state index is 12.3. The highest BCUT2D eigenvalue weighted by atomic mass is 32.1. The summed E-state index contributed by atoms with van der Waals surface area (Å²) in [4.78, 5) is 19.8. The van der Waals surface area contributed by atoms with Gasteiger partial charge in [-0.3, -0.25) is 4.79 Å². The number of carbonyl (C=O) groups is 1. The van der Waals surface area contributed by atoms with Crippen molar-refractivity contribution in [2.24, 2.45) is 5.73 Å². The van der Waals surface area contributed by atoms with E-state index in [-0.39, 0.29) is 25.8 Å². The van der Waals surface area contributed by atoms with Gasteiger partial charge in [0.05, 0.1) is 11.8 Å². The Bertz CT molecular complexity index is 1240. The highest BCUT2D eigenvalue weighted by Gasteiger charge is 2.31. The number of aliphatic hydroxyl groups excluding tert-OH is 1. The summed E-state index contributed by atoms with van der Waals surface area (Å²) < 4.78 is 40.8. The van der Waals surface area contributed by atoms with Crippen LogP contribution >= 0.6 is 11.3 Å². The van der Waals surface area contributed by atoms with Crippen molar-refractivity contribution in [1.29, 1.82) is 0 Å². The van der Waals surface area contributed by atoms with Crippen molar-refractivity contribution in [3.05, 3.63) is 46.3 Å². The fraction of sp³-hybridized carbons (Fsp3) is 0.462. The second kappa shape index (κ2) is 12.2. The van der Waals surface area contributed by atoms with Gasteiger partial charge in [0, 0.05) is 31.1 Å². The fourth-order valence-electron chi connectivity index (χ4n) is 4.60. The molecule has 3 aromatic rings. The second-order valence-corrected chi connectivity index (χ2v) is 10.1. The monoisotopic (exact) mass is 553 g/mol. The predicted octanol–water partition coefficient (Wildman–Crippen LogP) is 4.76. The van der Waals surface area contributed by atoms with Gasteiger partial charge >= 0.3 is 6.36 Å². The Morgan fingerprint density at radius 1 is 1.29 bits per heavy atom. The molecule has 1 atom stereocenters. The van der Waals surface area contributed by atoms with Crippen LogP contribution < -0.4 is 26.4 Å². The van der Waals surface area contributed by atoms with Gasteiger partial charge in [-0.15, -0.1) is 24.5 Å². The molecule has 0 bridgehead atoms. The van der Waals surface area contributed by atoms with Crippen molar-refractivity contribution in [2.75, 3.05) is 30.3 Å². The number of ether oxygens (including phenoxy) is 1. The van der Waals surface area contributed by atoms with E-state index in [4.69, 9.17) is 16.5 Å². The van der Waals surface area contributed by atoms with Crippen LogP contribution in [0.4, 0.5) is 24.7 Å². The molecule has 1 aromatic carbocycles. The zero-order chi connectivity index (χ0) is 26.7. The number of aryl methyl sites for hydroxylation is 1. The summed E-state index contributed by atoms with van der Waals surface area (Å²) in [6, 6.07) is 7.45. The lowest BCUT2D eigenvalue weighted by Crippen LogP contribution is -2.44. The number of amides is 1. The lowest BCUT2D eigenvalue weighted by molar-refractivity contribution is -0.274. The molecule has 38 heavy (non-hydrogen) atoms. The summed E-state index contributed by atoms with van der Waals surface area (Å²) in [5.41, 5.74) is 13.7. The molecule has 1 unspecified atom stereocenters. The number of rotatable bonds is 9. The lowest BCUT2D eigenvalue weighted by atomic mass is 10.0. The van der Waals surface area contributed by atoms with Gasteiger partial charge in [-0.05, 0) is 48.6 Å². The van der Waals surface area contributed by atoms with E-state index in [1.807, 2.05) is 6.07 Å². The van der Waals surface area contributed by atoms with Gasteiger partial charge in [-0.2, -0.15) is 0 Å². The van der Waals surface area contributed by atoms with Gasteiger partial charge in [-0.1, -0.05) is 32.9 Å². The van der Waals surface area contributed by atoms with E-state index in [1.165, 1.54) is 35.6 Å². The minimum atomic E-state index is -4.75. The molecule has 8 nitrogen and oxygen atoms in total. The average Bonchev–Trinajstić information content (AvgIpc) is 3.19. The number of benzene rings is 1. The molecule has 1 fully saturated rings. The van der Waals surface area contributed by atoms with Gasteiger partial charge in [0.25, 0.3) is 5.91 Å². The molecular weight excluding hydrogens is 519 g/mol. The Kier molecular flexibility index (Phi) is 9.45. The molecule has 12 heteroatoms. The molecule has 1 aliphatic heterocycles. The van der Waals surface area contributed by atoms with Crippen LogP contribution in [0.25, 0.3) is 10.2 Å². The third-order valence-electron chi connectivity index (χ3n) is 6.43. The van der Waals surface area contributed by atoms with Crippen LogP contribution in [0.2, 0.25) is 0 Å². The number of halogens is 3. The number of anilines is 2. The lowest BCUT2D eigenvalue weighted by Gasteiger charge is -2.34. The number of aromatic nitrogens is 1. The topological polar surface area (TPSA) is 127 Å². The first-order valence-corrected chi connectivity index (χ1v) is 12.9. The first-order chi connectivity index (χ1) is 17.6. The van der Waals surface area contributed by atoms with E-state index in [0.29, 0.717) is 21.0 Å². The van der Waals surface area contributed by atoms with E-state index >= 15 is 0 Å². The Morgan fingerprint density at radius 3 is 2.53 bits per heavy atom. The second-order valence-electron chi connectivity index (χ2n) is 9.08. The van der Waals surface area contributed by atoms with Crippen molar-refractivity contribution >= 4 is 39.0 Å². The molecule has 208 valence electrons. The normalized spacial score (nSPS) is 15.3. The minimum absolute atomic E-state index is 0. The number of carbonyl (C=O) groups excluding carboxylic acids is 1. The summed E-state index contributed by atoms with van der Waals surface area (Å²) in [5, 5.41) is 14.6. The largest absolute Gasteiger partial charge is 0.573 e. The molecule has 4 rings (SSSR count). The van der Waals surface area contributed by atoms with Crippen LogP contribution in [0.15, 0.2) is 30.3 Å². The van der Waals surface area contributed by atoms with Crippen LogP contribution in [0.3, 0.4) is 0 Å². The zero-order valence-electron chi connectivity index (χ0n) is 20.3. The van der Waals surface area contributed by atoms with Crippen LogP contribution in [-0.2, 0) is 6.42 Å². The summed E-state index contributed by atoms with van der Waals surface area (Å²) in [7, 11) is 0. The van der Waals surface area contributed by atoms with Gasteiger partial charge in [0.15, 0.2) is 0 Å². The molecule has 2 aromatic heterocycles. The minimum Gasteiger partial charge on any atom is -0.406 e. The number of nitrogen functional groups attached to an aromatic ring is 1. The van der Waals surface area contributed by atoms with Gasteiger partial charge in [0.2, 0.25) is 0 Å². The van der Waals surface area contributed by atoms with Crippen molar-refractivity contribution < 1.29 is 27.8 Å². The maximum atomic E-state index is 12.3. The van der Waals surface area contributed by atoms with Gasteiger partial charge < -0.3 is 31.5 Å². The molecule has 1 saturated heterocycles. The number of nitrogens with zero attached hydrogens (tertiary/aromatic N) is 2. The number of fused-ring (bicyclic) bond motifs is 1. The number of pyridine rings is 1. The molecule has 1 aliphatic rings. The van der Waals surface area contributed by atoms with E-state index in [9.17, 15) is 23.1 Å². The number of alkyl halides is 3. The quantitative estimate of drug-likeness (QED) is 0.301. The molecule has 0 spiro atoms. The Hall–Kier alpha value is -3.09. The average molecular weight is 554 g/mol. The Morgan fingerprint density at radius 2 is 1.95 bits per heavy atom. The number of primary amides is 1. The summed E-state index contributed by atoms with van der Waals surface area (Å²) >= 11 is 1.22.